The van der Waals surface area contributed by atoms with Gasteiger partial charge in [-0.2, -0.15) is 0 Å². The highest BCUT2D eigenvalue weighted by Gasteiger charge is 2.51. The minimum atomic E-state index is -0.257. The quantitative estimate of drug-likeness (QED) is 0.435. The number of hydrogen-bond acceptors (Lipinski definition) is 3. The van der Waals surface area contributed by atoms with Crippen LogP contribution < -0.4 is 10.6 Å². The van der Waals surface area contributed by atoms with Crippen molar-refractivity contribution in [2.45, 2.75) is 71.8 Å². The summed E-state index contributed by atoms with van der Waals surface area (Å²) in [4.78, 5) is 0. The molecule has 0 aromatic heterocycles. The van der Waals surface area contributed by atoms with Crippen molar-refractivity contribution in [3.05, 3.63) is 11.1 Å². The highest BCUT2D eigenvalue weighted by atomic mass is 32.1. The number of allylic oxidation sites excluding steroid dienone is 1. The number of thiocarbonyl (C=S) groups is 1. The van der Waals surface area contributed by atoms with Crippen LogP contribution in [0.5, 0.6) is 0 Å². The van der Waals surface area contributed by atoms with Crippen molar-refractivity contribution in [3.8, 4) is 0 Å². The fraction of sp³-hybridized carbons (Fsp3) is 0.864. The third-order valence-corrected chi connectivity index (χ3v) is 8.49. The van der Waals surface area contributed by atoms with E-state index in [0.717, 1.165) is 25.8 Å². The molecule has 4 nitrogen and oxygen atoms in total. The van der Waals surface area contributed by atoms with Gasteiger partial charge >= 0.3 is 0 Å². The average molecular weight is 395 g/mol. The van der Waals surface area contributed by atoms with Crippen LogP contribution in [-0.2, 0) is 0 Å². The Hall–Kier alpha value is -0.650. The number of rotatable bonds is 4. The molecular weight excluding hydrogens is 356 g/mol. The van der Waals surface area contributed by atoms with E-state index in [2.05, 4.69) is 31.4 Å². The Morgan fingerprint density at radius 2 is 1.93 bits per heavy atom. The Kier molecular flexibility index (Phi) is 6.24. The van der Waals surface area contributed by atoms with E-state index in [9.17, 15) is 10.2 Å². The minimum absolute atomic E-state index is 0.0762. The molecule has 0 unspecified atom stereocenters. The molecule has 3 rings (SSSR count). The molecule has 0 aromatic carbocycles. The standard InChI is InChI=1S/C22H38N2O2S/c1-21(2)9-8-16-17(12-24-20(27)23-4)19(6-5-18(16)21)22(3)10-7-15(26)11-14(22)13-25/h14-15,17,19,25-26H,5-13H2,1-4H3,(H2,23,24,27)/t14-,15+,17+,19+,22-/m1/s1. The maximum atomic E-state index is 10.2. The van der Waals surface area contributed by atoms with Gasteiger partial charge in [0.25, 0.3) is 0 Å². The summed E-state index contributed by atoms with van der Waals surface area (Å²) in [7, 11) is 1.86. The molecule has 4 N–H and O–H groups in total. The van der Waals surface area contributed by atoms with E-state index in [0.29, 0.717) is 22.4 Å². The molecule has 1 saturated carbocycles. The summed E-state index contributed by atoms with van der Waals surface area (Å²) in [6, 6.07) is 0. The fourth-order valence-corrected chi connectivity index (χ4v) is 6.43. The van der Waals surface area contributed by atoms with Crippen LogP contribution in [0.15, 0.2) is 11.1 Å². The van der Waals surface area contributed by atoms with Crippen LogP contribution >= 0.6 is 12.2 Å². The predicted octanol–water partition coefficient (Wildman–Crippen LogP) is 3.38. The van der Waals surface area contributed by atoms with E-state index in [-0.39, 0.29) is 24.0 Å². The molecule has 0 bridgehead atoms. The van der Waals surface area contributed by atoms with Crippen LogP contribution in [0.3, 0.4) is 0 Å². The second-order valence-electron chi connectivity index (χ2n) is 9.91. The largest absolute Gasteiger partial charge is 0.396 e. The van der Waals surface area contributed by atoms with E-state index >= 15 is 0 Å². The smallest absolute Gasteiger partial charge is 0.166 e. The van der Waals surface area contributed by atoms with Crippen molar-refractivity contribution in [1.29, 1.82) is 0 Å². The van der Waals surface area contributed by atoms with Crippen molar-refractivity contribution in [3.63, 3.8) is 0 Å². The van der Waals surface area contributed by atoms with Crippen molar-refractivity contribution < 1.29 is 10.2 Å². The second-order valence-corrected chi connectivity index (χ2v) is 10.3. The maximum absolute atomic E-state index is 10.2. The van der Waals surface area contributed by atoms with Gasteiger partial charge in [-0.25, -0.2) is 0 Å². The van der Waals surface area contributed by atoms with Crippen LogP contribution in [0.1, 0.15) is 65.7 Å². The molecular formula is C22H38N2O2S. The molecule has 3 aliphatic carbocycles. The number of hydrogen-bond donors (Lipinski definition) is 4. The van der Waals surface area contributed by atoms with Crippen LogP contribution in [0, 0.1) is 28.6 Å². The normalized spacial score (nSPS) is 38.4. The van der Waals surface area contributed by atoms with E-state index < -0.39 is 0 Å². The molecule has 5 heteroatoms. The van der Waals surface area contributed by atoms with Crippen LogP contribution in [0.4, 0.5) is 0 Å². The third-order valence-electron chi connectivity index (χ3n) is 8.15. The van der Waals surface area contributed by atoms with Gasteiger partial charge < -0.3 is 20.8 Å². The van der Waals surface area contributed by atoms with Gasteiger partial charge in [0.1, 0.15) is 0 Å². The Morgan fingerprint density at radius 1 is 1.19 bits per heavy atom. The van der Waals surface area contributed by atoms with Gasteiger partial charge in [-0.3, -0.25) is 0 Å². The third kappa shape index (κ3) is 3.92. The summed E-state index contributed by atoms with van der Waals surface area (Å²) >= 11 is 5.36. The highest BCUT2D eigenvalue weighted by molar-refractivity contribution is 7.80. The van der Waals surface area contributed by atoms with Gasteiger partial charge in [-0.05, 0) is 79.8 Å². The zero-order valence-corrected chi connectivity index (χ0v) is 18.3. The number of nitrogens with one attached hydrogen (secondary N) is 2. The average Bonchev–Trinajstić information content (AvgIpc) is 2.96. The minimum Gasteiger partial charge on any atom is -0.396 e. The van der Waals surface area contributed by atoms with E-state index in [1.807, 2.05) is 7.05 Å². The second kappa shape index (κ2) is 8.00. The first-order valence-corrected chi connectivity index (χ1v) is 11.1. The Balaban J connectivity index is 1.92. The molecule has 0 aliphatic heterocycles. The molecule has 0 aromatic rings. The van der Waals surface area contributed by atoms with Gasteiger partial charge in [-0.15, -0.1) is 0 Å². The molecule has 1 fully saturated rings. The van der Waals surface area contributed by atoms with Gasteiger partial charge in [0.05, 0.1) is 6.10 Å². The summed E-state index contributed by atoms with van der Waals surface area (Å²) in [5.74, 6) is 1.18. The molecule has 0 heterocycles. The van der Waals surface area contributed by atoms with Gasteiger partial charge in [0.15, 0.2) is 5.11 Å². The van der Waals surface area contributed by atoms with Gasteiger partial charge in [-0.1, -0.05) is 31.9 Å². The molecule has 154 valence electrons. The molecule has 3 aliphatic rings. The van der Waals surface area contributed by atoms with Crippen LogP contribution in [0.25, 0.3) is 0 Å². The van der Waals surface area contributed by atoms with Crippen molar-refractivity contribution in [2.24, 2.45) is 28.6 Å². The van der Waals surface area contributed by atoms with Crippen molar-refractivity contribution >= 4 is 17.3 Å². The lowest BCUT2D eigenvalue weighted by Crippen LogP contribution is -2.50. The number of aliphatic hydroxyl groups is 2. The lowest BCUT2D eigenvalue weighted by atomic mass is 9.53. The zero-order chi connectivity index (χ0) is 19.8. The lowest BCUT2D eigenvalue weighted by Gasteiger charge is -2.52. The maximum Gasteiger partial charge on any atom is 0.166 e. The van der Waals surface area contributed by atoms with Gasteiger partial charge in [0, 0.05) is 26.1 Å². The summed E-state index contributed by atoms with van der Waals surface area (Å²) < 4.78 is 0. The van der Waals surface area contributed by atoms with Crippen molar-refractivity contribution in [2.75, 3.05) is 20.2 Å². The molecule has 27 heavy (non-hydrogen) atoms. The summed E-state index contributed by atoms with van der Waals surface area (Å²) in [5, 5.41) is 27.5. The van der Waals surface area contributed by atoms with Crippen LogP contribution in [0.2, 0.25) is 0 Å². The first-order chi connectivity index (χ1) is 12.7. The Labute approximate surface area is 170 Å². The zero-order valence-electron chi connectivity index (χ0n) is 17.5. The highest BCUT2D eigenvalue weighted by Crippen LogP contribution is 2.59. The fourth-order valence-electron chi connectivity index (χ4n) is 6.35. The SMILES string of the molecule is CNC(=S)NC[C@H]1C2=C(CC[C@@H]1[C@]1(C)CC[C@H](O)C[C@@H]1CO)C(C)(C)CC2. The Bertz CT molecular complexity index is 603. The van der Waals surface area contributed by atoms with E-state index in [4.69, 9.17) is 12.2 Å². The van der Waals surface area contributed by atoms with Crippen molar-refractivity contribution in [1.82, 2.24) is 10.6 Å². The number of aliphatic hydroxyl groups excluding tert-OH is 2. The van der Waals surface area contributed by atoms with Gasteiger partial charge in [0.2, 0.25) is 0 Å². The molecule has 0 amide bonds. The van der Waals surface area contributed by atoms with E-state index in [1.165, 1.54) is 25.7 Å². The first-order valence-electron chi connectivity index (χ1n) is 10.7. The summed E-state index contributed by atoms with van der Waals surface area (Å²) in [6.45, 7) is 8.22. The molecule has 0 saturated heterocycles. The summed E-state index contributed by atoms with van der Waals surface area (Å²) in [6.07, 6.45) is 7.15. The molecule has 0 radical (unpaired) electrons. The Morgan fingerprint density at radius 3 is 2.59 bits per heavy atom. The molecule has 0 spiro atoms. The topological polar surface area (TPSA) is 64.5 Å². The van der Waals surface area contributed by atoms with E-state index in [1.54, 1.807) is 11.1 Å². The summed E-state index contributed by atoms with van der Waals surface area (Å²) in [5.41, 5.74) is 3.74. The molecule has 5 atom stereocenters. The monoisotopic (exact) mass is 394 g/mol. The van der Waals surface area contributed by atoms with Crippen LogP contribution in [-0.4, -0.2) is 41.6 Å². The first kappa shape index (κ1) is 21.1. The lowest BCUT2D eigenvalue weighted by molar-refractivity contribution is -0.0579. The predicted molar refractivity (Wildman–Crippen MR) is 114 cm³/mol.